The molecule has 2 fully saturated rings. The summed E-state index contributed by atoms with van der Waals surface area (Å²) in [6.45, 7) is 6.77. The molecule has 0 aliphatic heterocycles. The number of carbonyl (C=O) groups excluding carboxylic acids is 1. The van der Waals surface area contributed by atoms with Crippen LogP contribution in [-0.2, 0) is 4.79 Å². The molecular formula is C22H30O. The predicted molar refractivity (Wildman–Crippen MR) is 95.1 cm³/mol. The van der Waals surface area contributed by atoms with Crippen LogP contribution in [-0.4, -0.2) is 5.78 Å². The van der Waals surface area contributed by atoms with E-state index in [2.05, 4.69) is 32.1 Å². The Kier molecular flexibility index (Phi) is 3.48. The zero-order chi connectivity index (χ0) is 16.2. The van der Waals surface area contributed by atoms with Crippen molar-refractivity contribution in [2.45, 2.75) is 72.1 Å². The minimum atomic E-state index is -0.0843. The maximum atomic E-state index is 12.8. The first-order valence-electron chi connectivity index (χ1n) is 9.63. The monoisotopic (exact) mass is 310 g/mol. The lowest BCUT2D eigenvalue weighted by atomic mass is 9.52. The van der Waals surface area contributed by atoms with Crippen LogP contribution in [0.5, 0.6) is 0 Å². The topological polar surface area (TPSA) is 17.1 Å². The Morgan fingerprint density at radius 2 is 2.09 bits per heavy atom. The van der Waals surface area contributed by atoms with Crippen molar-refractivity contribution in [2.24, 2.45) is 22.7 Å². The third kappa shape index (κ3) is 1.95. The van der Waals surface area contributed by atoms with Crippen LogP contribution < -0.4 is 0 Å². The van der Waals surface area contributed by atoms with Gasteiger partial charge in [0.2, 0.25) is 0 Å². The van der Waals surface area contributed by atoms with Crippen LogP contribution in [0.3, 0.4) is 0 Å². The van der Waals surface area contributed by atoms with Crippen molar-refractivity contribution in [1.82, 2.24) is 0 Å². The van der Waals surface area contributed by atoms with Crippen molar-refractivity contribution in [3.8, 4) is 0 Å². The van der Waals surface area contributed by atoms with Gasteiger partial charge in [-0.1, -0.05) is 44.6 Å². The molecule has 0 spiro atoms. The van der Waals surface area contributed by atoms with Gasteiger partial charge in [0.05, 0.1) is 0 Å². The van der Waals surface area contributed by atoms with Crippen LogP contribution in [0, 0.1) is 22.7 Å². The van der Waals surface area contributed by atoms with E-state index in [9.17, 15) is 4.79 Å². The molecule has 4 aliphatic carbocycles. The van der Waals surface area contributed by atoms with Crippen molar-refractivity contribution in [3.05, 3.63) is 34.9 Å². The van der Waals surface area contributed by atoms with E-state index in [1.807, 2.05) is 6.92 Å². The minimum Gasteiger partial charge on any atom is -0.299 e. The summed E-state index contributed by atoms with van der Waals surface area (Å²) >= 11 is 0. The fourth-order valence-electron chi connectivity index (χ4n) is 6.39. The molecule has 0 saturated heterocycles. The van der Waals surface area contributed by atoms with Crippen LogP contribution in [0.4, 0.5) is 0 Å². The molecule has 0 N–H and O–H groups in total. The Morgan fingerprint density at radius 1 is 1.26 bits per heavy atom. The Labute approximate surface area is 140 Å². The number of Topliss-reactive ketones (excluding diaryl/α,β-unsaturated/α-hetero) is 1. The number of hydrogen-bond donors (Lipinski definition) is 0. The molecule has 0 aromatic carbocycles. The van der Waals surface area contributed by atoms with E-state index < -0.39 is 0 Å². The lowest BCUT2D eigenvalue weighted by molar-refractivity contribution is -0.135. The molecular weight excluding hydrogens is 280 g/mol. The van der Waals surface area contributed by atoms with Gasteiger partial charge in [0.15, 0.2) is 0 Å². The van der Waals surface area contributed by atoms with Crippen LogP contribution in [0.15, 0.2) is 34.9 Å². The highest BCUT2D eigenvalue weighted by Crippen LogP contribution is 2.66. The third-order valence-corrected chi connectivity index (χ3v) is 8.00. The Balaban J connectivity index is 1.72. The van der Waals surface area contributed by atoms with E-state index in [0.29, 0.717) is 24.0 Å². The van der Waals surface area contributed by atoms with Gasteiger partial charge in [-0.15, -0.1) is 0 Å². The number of rotatable bonds is 2. The molecule has 1 nitrogen and oxygen atoms in total. The maximum Gasteiger partial charge on any atom is 0.139 e. The van der Waals surface area contributed by atoms with Crippen LogP contribution in [0.2, 0.25) is 0 Å². The highest BCUT2D eigenvalue weighted by Gasteiger charge is 2.61. The predicted octanol–water partition coefficient (Wildman–Crippen LogP) is 5.77. The van der Waals surface area contributed by atoms with Gasteiger partial charge < -0.3 is 0 Å². The highest BCUT2D eigenvalue weighted by atomic mass is 16.1. The van der Waals surface area contributed by atoms with Gasteiger partial charge in [0.1, 0.15) is 5.78 Å². The fourth-order valence-corrected chi connectivity index (χ4v) is 6.39. The minimum absolute atomic E-state index is 0.0843. The molecule has 4 aliphatic rings. The summed E-state index contributed by atoms with van der Waals surface area (Å²) in [5, 5.41) is 0. The molecule has 23 heavy (non-hydrogen) atoms. The molecule has 2 saturated carbocycles. The number of allylic oxidation sites excluding steroid dienone is 6. The van der Waals surface area contributed by atoms with Gasteiger partial charge in [-0.05, 0) is 73.3 Å². The zero-order valence-corrected chi connectivity index (χ0v) is 15.0. The summed E-state index contributed by atoms with van der Waals surface area (Å²) in [7, 11) is 0. The molecule has 0 heterocycles. The number of carbonyl (C=O) groups is 1. The normalized spacial score (nSPS) is 42.0. The Bertz CT molecular complexity index is 634. The second-order valence-electron chi connectivity index (χ2n) is 8.62. The second-order valence-corrected chi connectivity index (χ2v) is 8.62. The van der Waals surface area contributed by atoms with Gasteiger partial charge in [-0.25, -0.2) is 0 Å². The lowest BCUT2D eigenvalue weighted by Gasteiger charge is -2.51. The Hall–Kier alpha value is -1.11. The van der Waals surface area contributed by atoms with Crippen LogP contribution >= 0.6 is 0 Å². The van der Waals surface area contributed by atoms with Gasteiger partial charge >= 0.3 is 0 Å². The zero-order valence-electron chi connectivity index (χ0n) is 15.0. The fraction of sp³-hybridized carbons (Fsp3) is 0.682. The van der Waals surface area contributed by atoms with Gasteiger partial charge in [-0.2, -0.15) is 0 Å². The molecule has 0 aromatic heterocycles. The molecule has 4 atom stereocenters. The average molecular weight is 310 g/mol. The largest absolute Gasteiger partial charge is 0.299 e. The molecule has 4 rings (SSSR count). The van der Waals surface area contributed by atoms with Crippen LogP contribution in [0.1, 0.15) is 72.1 Å². The van der Waals surface area contributed by atoms with E-state index in [-0.39, 0.29) is 10.8 Å². The molecule has 0 amide bonds. The number of fused-ring (bicyclic) bond motifs is 4. The number of ketones is 1. The Morgan fingerprint density at radius 3 is 2.87 bits per heavy atom. The third-order valence-electron chi connectivity index (χ3n) is 8.00. The van der Waals surface area contributed by atoms with Gasteiger partial charge in [-0.3, -0.25) is 4.79 Å². The van der Waals surface area contributed by atoms with E-state index in [0.717, 1.165) is 6.42 Å². The van der Waals surface area contributed by atoms with E-state index in [4.69, 9.17) is 0 Å². The highest BCUT2D eigenvalue weighted by molar-refractivity contribution is 5.85. The summed E-state index contributed by atoms with van der Waals surface area (Å²) in [6.07, 6.45) is 16.3. The SMILES string of the molecule is CCC(=O)[C@@]1(C)CC[C@H]2[C@@H]3CC=C4C=CCCC4=C3CC[C@@]21C. The molecule has 0 radical (unpaired) electrons. The molecule has 0 unspecified atom stereocenters. The van der Waals surface area contributed by atoms with Gasteiger partial charge in [0.25, 0.3) is 0 Å². The van der Waals surface area contributed by atoms with Crippen molar-refractivity contribution >= 4 is 5.78 Å². The first-order chi connectivity index (χ1) is 11.0. The van der Waals surface area contributed by atoms with Crippen LogP contribution in [0.25, 0.3) is 0 Å². The average Bonchev–Trinajstić information content (AvgIpc) is 2.86. The van der Waals surface area contributed by atoms with Crippen molar-refractivity contribution < 1.29 is 4.79 Å². The van der Waals surface area contributed by atoms with Crippen molar-refractivity contribution in [2.75, 3.05) is 0 Å². The summed E-state index contributed by atoms with van der Waals surface area (Å²) in [6, 6.07) is 0. The lowest BCUT2D eigenvalue weighted by Crippen LogP contribution is -2.47. The summed E-state index contributed by atoms with van der Waals surface area (Å²) in [5.41, 5.74) is 5.07. The molecule has 124 valence electrons. The van der Waals surface area contributed by atoms with E-state index >= 15 is 0 Å². The molecule has 0 aromatic rings. The second kappa shape index (κ2) is 5.19. The summed E-state index contributed by atoms with van der Waals surface area (Å²) < 4.78 is 0. The van der Waals surface area contributed by atoms with E-state index in [1.54, 1.807) is 11.1 Å². The van der Waals surface area contributed by atoms with Gasteiger partial charge in [0, 0.05) is 11.8 Å². The summed E-state index contributed by atoms with van der Waals surface area (Å²) in [4.78, 5) is 12.8. The van der Waals surface area contributed by atoms with E-state index in [1.165, 1.54) is 44.1 Å². The first kappa shape index (κ1) is 15.4. The number of hydrogen-bond acceptors (Lipinski definition) is 1. The smallest absolute Gasteiger partial charge is 0.139 e. The first-order valence-corrected chi connectivity index (χ1v) is 9.63. The standard InChI is InChI=1S/C22H30O/c1-4-20(23)22(3)14-12-19-18-10-9-15-7-5-6-8-16(15)17(18)11-13-21(19,22)2/h5,7,9,18-19H,4,6,8,10-14H2,1-3H3/t18-,19+,21+,22-/m1/s1. The molecule has 0 bridgehead atoms. The maximum absolute atomic E-state index is 12.8. The summed E-state index contributed by atoms with van der Waals surface area (Å²) in [5.74, 6) is 1.93. The van der Waals surface area contributed by atoms with Crippen molar-refractivity contribution in [1.29, 1.82) is 0 Å². The quantitative estimate of drug-likeness (QED) is 0.632. The van der Waals surface area contributed by atoms with Crippen molar-refractivity contribution in [3.63, 3.8) is 0 Å². The molecule has 1 heteroatoms.